The summed E-state index contributed by atoms with van der Waals surface area (Å²) in [5, 5.41) is 0.732. The molecule has 0 aliphatic carbocycles. The molecule has 0 saturated heterocycles. The highest BCUT2D eigenvalue weighted by Gasteiger charge is 2.09. The van der Waals surface area contributed by atoms with Gasteiger partial charge in [0.05, 0.1) is 6.54 Å². The second-order valence-electron chi connectivity index (χ2n) is 3.12. The first-order valence-corrected chi connectivity index (χ1v) is 5.38. The van der Waals surface area contributed by atoms with Crippen LogP contribution in [0, 0.1) is 0 Å². The quantitative estimate of drug-likeness (QED) is 0.521. The zero-order chi connectivity index (χ0) is 10.3. The van der Waals surface area contributed by atoms with Crippen LogP contribution in [0.3, 0.4) is 0 Å². The van der Waals surface area contributed by atoms with Crippen molar-refractivity contribution in [1.82, 2.24) is 4.90 Å². The van der Waals surface area contributed by atoms with Gasteiger partial charge in [-0.05, 0) is 13.8 Å². The molecule has 1 nitrogen and oxygen atoms in total. The Morgan fingerprint density at radius 2 is 2.08 bits per heavy atom. The molecular formula is C9H16BrF2N. The first-order chi connectivity index (χ1) is 6.06. The van der Waals surface area contributed by atoms with Crippen LogP contribution in [0.2, 0.25) is 0 Å². The molecule has 0 atom stereocenters. The second-order valence-corrected chi connectivity index (χ2v) is 3.91. The second kappa shape index (κ2) is 7.44. The van der Waals surface area contributed by atoms with E-state index in [0.29, 0.717) is 13.1 Å². The molecule has 0 aromatic carbocycles. The van der Waals surface area contributed by atoms with Crippen molar-refractivity contribution in [3.8, 4) is 0 Å². The van der Waals surface area contributed by atoms with E-state index in [1.807, 2.05) is 19.9 Å². The van der Waals surface area contributed by atoms with Crippen molar-refractivity contribution in [2.45, 2.75) is 20.3 Å². The lowest BCUT2D eigenvalue weighted by atomic mass is 10.3. The van der Waals surface area contributed by atoms with Gasteiger partial charge in [-0.3, -0.25) is 4.90 Å². The molecule has 0 N–H and O–H groups in total. The molecule has 0 rings (SSSR count). The molecule has 0 unspecified atom stereocenters. The summed E-state index contributed by atoms with van der Waals surface area (Å²) in [6, 6.07) is 0. The number of nitrogens with zero attached hydrogens (tertiary/aromatic N) is 1. The van der Waals surface area contributed by atoms with E-state index in [0.717, 1.165) is 10.9 Å². The Bertz CT molecular complexity index is 156. The van der Waals surface area contributed by atoms with Crippen LogP contribution in [-0.2, 0) is 0 Å². The van der Waals surface area contributed by atoms with Crippen molar-refractivity contribution in [3.05, 3.63) is 11.6 Å². The number of alkyl halides is 3. The number of allylic oxidation sites excluding steroid dienone is 1. The van der Waals surface area contributed by atoms with Crippen molar-refractivity contribution in [2.75, 3.05) is 25.0 Å². The summed E-state index contributed by atoms with van der Waals surface area (Å²) in [6.45, 7) is 5.06. The summed E-state index contributed by atoms with van der Waals surface area (Å²) in [7, 11) is 0. The highest BCUT2D eigenvalue weighted by Crippen LogP contribution is 2.01. The van der Waals surface area contributed by atoms with Crippen LogP contribution in [0.15, 0.2) is 11.6 Å². The molecule has 0 heterocycles. The molecule has 78 valence electrons. The number of rotatable bonds is 6. The van der Waals surface area contributed by atoms with Crippen LogP contribution in [-0.4, -0.2) is 36.3 Å². The number of hydrogen-bond donors (Lipinski definition) is 0. The van der Waals surface area contributed by atoms with E-state index >= 15 is 0 Å². The van der Waals surface area contributed by atoms with E-state index in [9.17, 15) is 8.78 Å². The predicted octanol–water partition coefficient (Wildman–Crippen LogP) is 2.91. The van der Waals surface area contributed by atoms with Crippen LogP contribution in [0.1, 0.15) is 13.8 Å². The maximum Gasteiger partial charge on any atom is 0.251 e. The Morgan fingerprint density at radius 1 is 1.46 bits per heavy atom. The molecule has 0 amide bonds. The molecule has 0 bridgehead atoms. The molecule has 0 aliphatic rings. The normalized spacial score (nSPS) is 11.0. The zero-order valence-corrected chi connectivity index (χ0v) is 9.65. The van der Waals surface area contributed by atoms with Crippen molar-refractivity contribution in [2.24, 2.45) is 0 Å². The lowest BCUT2D eigenvalue weighted by molar-refractivity contribution is 0.0968. The topological polar surface area (TPSA) is 3.24 Å². The minimum Gasteiger partial charge on any atom is -0.293 e. The largest absolute Gasteiger partial charge is 0.293 e. The van der Waals surface area contributed by atoms with Gasteiger partial charge in [0.25, 0.3) is 6.43 Å². The summed E-state index contributed by atoms with van der Waals surface area (Å²) in [5.41, 5.74) is 1.16. The highest BCUT2D eigenvalue weighted by atomic mass is 79.9. The van der Waals surface area contributed by atoms with Gasteiger partial charge in [-0.1, -0.05) is 27.6 Å². The SMILES string of the molecule is CC(C)=CCN(CCBr)CC(F)F. The average Bonchev–Trinajstić information content (AvgIpc) is 1.99. The van der Waals surface area contributed by atoms with E-state index < -0.39 is 6.43 Å². The Kier molecular flexibility index (Phi) is 7.47. The van der Waals surface area contributed by atoms with Gasteiger partial charge in [0, 0.05) is 18.4 Å². The Hall–Kier alpha value is 0.0400. The smallest absolute Gasteiger partial charge is 0.251 e. The van der Waals surface area contributed by atoms with Gasteiger partial charge in [0.15, 0.2) is 0 Å². The van der Waals surface area contributed by atoms with Gasteiger partial charge in [-0.25, -0.2) is 8.78 Å². The van der Waals surface area contributed by atoms with E-state index in [1.54, 1.807) is 4.90 Å². The summed E-state index contributed by atoms with van der Waals surface area (Å²) in [6.07, 6.45) is -0.282. The van der Waals surface area contributed by atoms with Crippen molar-refractivity contribution in [1.29, 1.82) is 0 Å². The fourth-order valence-electron chi connectivity index (χ4n) is 0.883. The molecule has 0 aromatic rings. The molecular weight excluding hydrogens is 240 g/mol. The molecule has 4 heteroatoms. The van der Waals surface area contributed by atoms with E-state index in [2.05, 4.69) is 15.9 Å². The van der Waals surface area contributed by atoms with Gasteiger partial charge in [0.1, 0.15) is 0 Å². The van der Waals surface area contributed by atoms with Gasteiger partial charge < -0.3 is 0 Å². The van der Waals surface area contributed by atoms with Gasteiger partial charge in [-0.2, -0.15) is 0 Å². The summed E-state index contributed by atoms with van der Waals surface area (Å²) >= 11 is 3.24. The molecule has 0 aromatic heterocycles. The Balaban J connectivity index is 3.86. The van der Waals surface area contributed by atoms with Crippen LogP contribution in [0.25, 0.3) is 0 Å². The predicted molar refractivity (Wildman–Crippen MR) is 55.7 cm³/mol. The van der Waals surface area contributed by atoms with Gasteiger partial charge in [0.2, 0.25) is 0 Å². The number of halogens is 3. The third-order valence-electron chi connectivity index (χ3n) is 1.55. The molecule has 0 spiro atoms. The first-order valence-electron chi connectivity index (χ1n) is 4.26. The van der Waals surface area contributed by atoms with E-state index in [1.165, 1.54) is 0 Å². The first kappa shape index (κ1) is 13.0. The molecule has 0 radical (unpaired) electrons. The average molecular weight is 256 g/mol. The van der Waals surface area contributed by atoms with Crippen molar-refractivity contribution < 1.29 is 8.78 Å². The molecule has 13 heavy (non-hydrogen) atoms. The summed E-state index contributed by atoms with van der Waals surface area (Å²) < 4.78 is 24.1. The van der Waals surface area contributed by atoms with Crippen LogP contribution in [0.4, 0.5) is 8.78 Å². The summed E-state index contributed by atoms with van der Waals surface area (Å²) in [4.78, 5) is 1.73. The number of hydrogen-bond acceptors (Lipinski definition) is 1. The highest BCUT2D eigenvalue weighted by molar-refractivity contribution is 9.09. The van der Waals surface area contributed by atoms with Gasteiger partial charge in [-0.15, -0.1) is 0 Å². The van der Waals surface area contributed by atoms with Crippen LogP contribution in [0.5, 0.6) is 0 Å². The van der Waals surface area contributed by atoms with Crippen molar-refractivity contribution in [3.63, 3.8) is 0 Å². The monoisotopic (exact) mass is 255 g/mol. The fraction of sp³-hybridized carbons (Fsp3) is 0.778. The van der Waals surface area contributed by atoms with E-state index in [-0.39, 0.29) is 6.54 Å². The Morgan fingerprint density at radius 3 is 2.46 bits per heavy atom. The lowest BCUT2D eigenvalue weighted by Gasteiger charge is -2.18. The van der Waals surface area contributed by atoms with Crippen LogP contribution >= 0.6 is 15.9 Å². The third kappa shape index (κ3) is 8.37. The molecule has 0 saturated carbocycles. The minimum absolute atomic E-state index is 0.143. The maximum atomic E-state index is 12.1. The summed E-state index contributed by atoms with van der Waals surface area (Å²) in [5.74, 6) is 0. The van der Waals surface area contributed by atoms with E-state index in [4.69, 9.17) is 0 Å². The minimum atomic E-state index is -2.25. The zero-order valence-electron chi connectivity index (χ0n) is 8.06. The van der Waals surface area contributed by atoms with Crippen molar-refractivity contribution >= 4 is 15.9 Å². The molecule has 0 fully saturated rings. The Labute approximate surface area is 86.9 Å². The maximum absolute atomic E-state index is 12.1. The third-order valence-corrected chi connectivity index (χ3v) is 1.91. The lowest BCUT2D eigenvalue weighted by Crippen LogP contribution is -2.31. The molecule has 0 aliphatic heterocycles. The van der Waals surface area contributed by atoms with Gasteiger partial charge >= 0.3 is 0 Å². The standard InChI is InChI=1S/C9H16BrF2N/c1-8(2)3-5-13(6-4-10)7-9(11)12/h3,9H,4-7H2,1-2H3. The fourth-order valence-corrected chi connectivity index (χ4v) is 1.39. The van der Waals surface area contributed by atoms with Crippen LogP contribution < -0.4 is 0 Å².